The maximum atomic E-state index is 4.47. The van der Waals surface area contributed by atoms with Crippen LogP contribution in [0.2, 0.25) is 0 Å². The van der Waals surface area contributed by atoms with Crippen LogP contribution in [0.4, 0.5) is 11.5 Å². The van der Waals surface area contributed by atoms with Crippen molar-refractivity contribution in [2.24, 2.45) is 5.92 Å². The van der Waals surface area contributed by atoms with E-state index in [4.69, 9.17) is 0 Å². The van der Waals surface area contributed by atoms with E-state index in [1.165, 1.54) is 23.2 Å². The molecule has 1 aromatic carbocycles. The van der Waals surface area contributed by atoms with E-state index in [1.807, 2.05) is 12.3 Å². The number of nitrogens with one attached hydrogen (secondary N) is 1. The highest BCUT2D eigenvalue weighted by Gasteiger charge is 2.22. The van der Waals surface area contributed by atoms with E-state index in [9.17, 15) is 0 Å². The third-order valence-electron chi connectivity index (χ3n) is 4.03. The number of para-hydroxylation sites is 1. The van der Waals surface area contributed by atoms with Gasteiger partial charge in [0.05, 0.1) is 0 Å². The highest BCUT2D eigenvalue weighted by Crippen LogP contribution is 2.31. The maximum Gasteiger partial charge on any atom is 0.130 e. The molecule has 0 aliphatic carbocycles. The fraction of sp³-hybridized carbons (Fsp3) is 0.389. The summed E-state index contributed by atoms with van der Waals surface area (Å²) in [5, 5.41) is 3.36. The summed E-state index contributed by atoms with van der Waals surface area (Å²) in [6.07, 6.45) is 3.04. The molecule has 0 saturated heterocycles. The molecule has 1 atom stereocenters. The van der Waals surface area contributed by atoms with Gasteiger partial charge in [0.25, 0.3) is 0 Å². The Kier molecular flexibility index (Phi) is 4.09. The average molecular weight is 281 g/mol. The zero-order valence-corrected chi connectivity index (χ0v) is 12.8. The molecule has 2 aromatic rings. The van der Waals surface area contributed by atoms with E-state index < -0.39 is 0 Å². The Labute approximate surface area is 127 Å². The van der Waals surface area contributed by atoms with Gasteiger partial charge in [-0.25, -0.2) is 4.98 Å². The van der Waals surface area contributed by atoms with Crippen molar-refractivity contribution >= 4 is 11.5 Å². The van der Waals surface area contributed by atoms with Crippen LogP contribution in [-0.2, 0) is 13.0 Å². The molecule has 3 nitrogen and oxygen atoms in total. The summed E-state index contributed by atoms with van der Waals surface area (Å²) in [5.74, 6) is 1.70. The second kappa shape index (κ2) is 6.17. The molecule has 0 fully saturated rings. The number of fused-ring (bicyclic) bond motifs is 1. The van der Waals surface area contributed by atoms with Gasteiger partial charge in [0.15, 0.2) is 0 Å². The summed E-state index contributed by atoms with van der Waals surface area (Å²) in [4.78, 5) is 6.96. The zero-order chi connectivity index (χ0) is 14.7. The monoisotopic (exact) mass is 281 g/mol. The van der Waals surface area contributed by atoms with Crippen LogP contribution in [0.5, 0.6) is 0 Å². The number of hydrogen-bond donors (Lipinski definition) is 1. The van der Waals surface area contributed by atoms with Crippen LogP contribution in [0.1, 0.15) is 25.0 Å². The summed E-state index contributed by atoms with van der Waals surface area (Å²) in [6, 6.07) is 13.0. The van der Waals surface area contributed by atoms with Gasteiger partial charge in [-0.2, -0.15) is 0 Å². The molecule has 0 amide bonds. The van der Waals surface area contributed by atoms with Gasteiger partial charge >= 0.3 is 0 Å². The third-order valence-corrected chi connectivity index (χ3v) is 4.03. The molecule has 1 aliphatic rings. The summed E-state index contributed by atoms with van der Waals surface area (Å²) in [7, 11) is 0. The third kappa shape index (κ3) is 3.02. The number of benzene rings is 1. The Bertz CT molecular complexity index is 609. The van der Waals surface area contributed by atoms with Gasteiger partial charge in [0.2, 0.25) is 0 Å². The second-order valence-electron chi connectivity index (χ2n) is 5.86. The SMILES string of the molecule is CCNc1ncccc1CN1CC(C)Cc2ccccc21. The van der Waals surface area contributed by atoms with E-state index in [0.29, 0.717) is 5.92 Å². The minimum absolute atomic E-state index is 0.694. The summed E-state index contributed by atoms with van der Waals surface area (Å²) >= 11 is 0. The zero-order valence-electron chi connectivity index (χ0n) is 12.8. The normalized spacial score (nSPS) is 17.4. The number of anilines is 2. The van der Waals surface area contributed by atoms with E-state index in [1.54, 1.807) is 0 Å². The van der Waals surface area contributed by atoms with Crippen molar-refractivity contribution in [3.05, 3.63) is 53.7 Å². The van der Waals surface area contributed by atoms with E-state index in [-0.39, 0.29) is 0 Å². The molecular weight excluding hydrogens is 258 g/mol. The van der Waals surface area contributed by atoms with Crippen LogP contribution >= 0.6 is 0 Å². The quantitative estimate of drug-likeness (QED) is 0.926. The molecule has 3 heteroatoms. The van der Waals surface area contributed by atoms with Crippen LogP contribution in [0.3, 0.4) is 0 Å². The molecular formula is C18H23N3. The fourth-order valence-electron chi connectivity index (χ4n) is 3.15. The lowest BCUT2D eigenvalue weighted by molar-refractivity contribution is 0.530. The minimum Gasteiger partial charge on any atom is -0.370 e. The number of pyridine rings is 1. The van der Waals surface area contributed by atoms with Gasteiger partial charge in [-0.05, 0) is 37.0 Å². The first kappa shape index (κ1) is 13.9. The lowest BCUT2D eigenvalue weighted by Gasteiger charge is -2.35. The molecule has 1 aliphatic heterocycles. The number of hydrogen-bond acceptors (Lipinski definition) is 3. The fourth-order valence-corrected chi connectivity index (χ4v) is 3.15. The maximum absolute atomic E-state index is 4.47. The van der Waals surface area contributed by atoms with Crippen molar-refractivity contribution < 1.29 is 0 Å². The van der Waals surface area contributed by atoms with Gasteiger partial charge in [-0.15, -0.1) is 0 Å². The molecule has 0 saturated carbocycles. The molecule has 1 unspecified atom stereocenters. The molecule has 2 heterocycles. The lowest BCUT2D eigenvalue weighted by atomic mass is 9.93. The highest BCUT2D eigenvalue weighted by atomic mass is 15.1. The first-order chi connectivity index (χ1) is 10.3. The predicted octanol–water partition coefficient (Wildman–Crippen LogP) is 3.71. The Morgan fingerprint density at radius 1 is 1.24 bits per heavy atom. The van der Waals surface area contributed by atoms with Crippen molar-refractivity contribution in [1.82, 2.24) is 4.98 Å². The van der Waals surface area contributed by atoms with Crippen molar-refractivity contribution in [1.29, 1.82) is 0 Å². The molecule has 21 heavy (non-hydrogen) atoms. The van der Waals surface area contributed by atoms with Gasteiger partial charge < -0.3 is 10.2 Å². The van der Waals surface area contributed by atoms with Crippen LogP contribution < -0.4 is 10.2 Å². The van der Waals surface area contributed by atoms with Crippen LogP contribution in [0.15, 0.2) is 42.6 Å². The largest absolute Gasteiger partial charge is 0.370 e. The Morgan fingerprint density at radius 2 is 2.10 bits per heavy atom. The van der Waals surface area contributed by atoms with Crippen molar-refractivity contribution in [3.8, 4) is 0 Å². The smallest absolute Gasteiger partial charge is 0.130 e. The van der Waals surface area contributed by atoms with Crippen LogP contribution in [-0.4, -0.2) is 18.1 Å². The second-order valence-corrected chi connectivity index (χ2v) is 5.86. The molecule has 110 valence electrons. The lowest BCUT2D eigenvalue weighted by Crippen LogP contribution is -2.34. The van der Waals surface area contributed by atoms with Gasteiger partial charge in [-0.3, -0.25) is 0 Å². The van der Waals surface area contributed by atoms with Gasteiger partial charge in [-0.1, -0.05) is 31.2 Å². The highest BCUT2D eigenvalue weighted by molar-refractivity contribution is 5.57. The molecule has 1 N–H and O–H groups in total. The van der Waals surface area contributed by atoms with Gasteiger partial charge in [0.1, 0.15) is 5.82 Å². The summed E-state index contributed by atoms with van der Waals surface area (Å²) < 4.78 is 0. The molecule has 3 rings (SSSR count). The van der Waals surface area contributed by atoms with Crippen LogP contribution in [0, 0.1) is 5.92 Å². The van der Waals surface area contributed by atoms with Gasteiger partial charge in [0, 0.05) is 37.1 Å². The van der Waals surface area contributed by atoms with E-state index in [0.717, 1.165) is 25.5 Å². The predicted molar refractivity (Wildman–Crippen MR) is 88.8 cm³/mol. The van der Waals surface area contributed by atoms with E-state index >= 15 is 0 Å². The van der Waals surface area contributed by atoms with Crippen molar-refractivity contribution in [3.63, 3.8) is 0 Å². The number of aromatic nitrogens is 1. The summed E-state index contributed by atoms with van der Waals surface area (Å²) in [5.41, 5.74) is 4.11. The molecule has 0 spiro atoms. The first-order valence-electron chi connectivity index (χ1n) is 7.78. The molecule has 1 aromatic heterocycles. The standard InChI is InChI=1S/C18H23N3/c1-3-19-18-16(8-6-10-20-18)13-21-12-14(2)11-15-7-4-5-9-17(15)21/h4-10,14H,3,11-13H2,1-2H3,(H,19,20). The molecule has 0 bridgehead atoms. The average Bonchev–Trinajstić information content (AvgIpc) is 2.49. The van der Waals surface area contributed by atoms with Crippen molar-refractivity contribution in [2.45, 2.75) is 26.8 Å². The van der Waals surface area contributed by atoms with E-state index in [2.05, 4.69) is 59.4 Å². The first-order valence-corrected chi connectivity index (χ1v) is 7.78. The Balaban J connectivity index is 1.88. The Hall–Kier alpha value is -2.03. The van der Waals surface area contributed by atoms with Crippen molar-refractivity contribution in [2.75, 3.05) is 23.3 Å². The number of rotatable bonds is 4. The molecule has 0 radical (unpaired) electrons. The summed E-state index contributed by atoms with van der Waals surface area (Å²) in [6.45, 7) is 7.36. The number of nitrogens with zero attached hydrogens (tertiary/aromatic N) is 2. The topological polar surface area (TPSA) is 28.2 Å². The Morgan fingerprint density at radius 3 is 2.95 bits per heavy atom. The van der Waals surface area contributed by atoms with Crippen LogP contribution in [0.25, 0.3) is 0 Å². The minimum atomic E-state index is 0.694.